The molecule has 2 atom stereocenters. The average Bonchev–Trinajstić information content (AvgIpc) is 3.15. The Balaban J connectivity index is 1.76. The summed E-state index contributed by atoms with van der Waals surface area (Å²) in [5, 5.41) is 6.92. The zero-order chi connectivity index (χ0) is 18.0. The van der Waals surface area contributed by atoms with E-state index in [4.69, 9.17) is 4.42 Å². The zero-order valence-electron chi connectivity index (χ0n) is 14.5. The van der Waals surface area contributed by atoms with Gasteiger partial charge in [0.2, 0.25) is 5.91 Å². The number of carbonyl (C=O) groups excluding carboxylic acids is 2. The molecule has 1 saturated heterocycles. The first-order valence-corrected chi connectivity index (χ1v) is 8.21. The number of aryl methyl sites for hydroxylation is 2. The minimum atomic E-state index is -0.786. The van der Waals surface area contributed by atoms with Crippen LogP contribution in [-0.4, -0.2) is 24.1 Å². The molecule has 6 nitrogen and oxygen atoms in total. The summed E-state index contributed by atoms with van der Waals surface area (Å²) in [4.78, 5) is 24.7. The maximum atomic E-state index is 12.6. The van der Waals surface area contributed by atoms with Gasteiger partial charge in [-0.3, -0.25) is 9.59 Å². The third-order valence-corrected chi connectivity index (χ3v) is 4.46. The molecule has 3 rings (SSSR count). The van der Waals surface area contributed by atoms with Crippen LogP contribution in [0.1, 0.15) is 35.5 Å². The van der Waals surface area contributed by atoms with Gasteiger partial charge in [0, 0.05) is 18.0 Å². The van der Waals surface area contributed by atoms with E-state index in [-0.39, 0.29) is 11.8 Å². The van der Waals surface area contributed by atoms with E-state index in [2.05, 4.69) is 15.8 Å². The second-order valence-corrected chi connectivity index (χ2v) is 6.24. The monoisotopic (exact) mass is 339 g/mol. The molecular formula is C19H21N3O3. The van der Waals surface area contributed by atoms with Gasteiger partial charge in [0.1, 0.15) is 17.4 Å². The fourth-order valence-electron chi connectivity index (χ4n) is 3.19. The Kier molecular flexibility index (Phi) is 4.70. The van der Waals surface area contributed by atoms with Gasteiger partial charge in [-0.25, -0.2) is 5.43 Å². The van der Waals surface area contributed by atoms with Crippen LogP contribution in [0.2, 0.25) is 0 Å². The van der Waals surface area contributed by atoms with Gasteiger partial charge in [-0.1, -0.05) is 30.3 Å². The van der Waals surface area contributed by atoms with E-state index in [0.29, 0.717) is 12.3 Å². The van der Waals surface area contributed by atoms with E-state index < -0.39 is 11.8 Å². The van der Waals surface area contributed by atoms with Crippen molar-refractivity contribution in [1.82, 2.24) is 10.7 Å². The van der Waals surface area contributed by atoms with Crippen LogP contribution in [0.25, 0.3) is 0 Å². The minimum Gasteiger partial charge on any atom is -0.466 e. The lowest BCUT2D eigenvalue weighted by atomic mass is 9.88. The van der Waals surface area contributed by atoms with Crippen molar-refractivity contribution < 1.29 is 14.0 Å². The summed E-state index contributed by atoms with van der Waals surface area (Å²) >= 11 is 0. The number of amides is 2. The van der Waals surface area contributed by atoms with Crippen molar-refractivity contribution in [3.05, 3.63) is 59.0 Å². The molecule has 0 aliphatic carbocycles. The van der Waals surface area contributed by atoms with Crippen molar-refractivity contribution >= 4 is 17.5 Å². The topological polar surface area (TPSA) is 83.7 Å². The molecule has 6 heteroatoms. The Hall–Kier alpha value is -2.89. The fourth-order valence-corrected chi connectivity index (χ4v) is 3.19. The van der Waals surface area contributed by atoms with Crippen LogP contribution < -0.4 is 10.7 Å². The lowest BCUT2D eigenvalue weighted by Gasteiger charge is -2.15. The molecule has 25 heavy (non-hydrogen) atoms. The molecule has 0 saturated carbocycles. The lowest BCUT2D eigenvalue weighted by molar-refractivity contribution is -0.133. The largest absolute Gasteiger partial charge is 0.466 e. The van der Waals surface area contributed by atoms with Crippen molar-refractivity contribution in [2.45, 2.75) is 26.7 Å². The summed E-state index contributed by atoms with van der Waals surface area (Å²) in [5.41, 5.74) is 4.97. The Morgan fingerprint density at radius 3 is 2.64 bits per heavy atom. The molecule has 1 aliphatic heterocycles. The van der Waals surface area contributed by atoms with E-state index >= 15 is 0 Å². The molecule has 1 fully saturated rings. The first-order valence-electron chi connectivity index (χ1n) is 8.21. The van der Waals surface area contributed by atoms with Gasteiger partial charge in [-0.2, -0.15) is 5.10 Å². The van der Waals surface area contributed by atoms with E-state index in [0.717, 1.165) is 22.6 Å². The standard InChI is InChI=1S/C19H21N3O3/c1-11-9-15(13(3)25-11)12(2)21-22-19(24)17-16(10-20-18(17)23)14-7-5-4-6-8-14/h4-9,16-17H,10H2,1-3H3,(H,20,23)(H,22,24)/b21-12-. The first-order chi connectivity index (χ1) is 12.0. The molecule has 1 aliphatic rings. The van der Waals surface area contributed by atoms with Gasteiger partial charge in [0.25, 0.3) is 5.91 Å². The molecule has 2 heterocycles. The SMILES string of the molecule is C/C(=N/NC(=O)C1C(=O)NCC1c1ccccc1)c1cc(C)oc1C. The van der Waals surface area contributed by atoms with Gasteiger partial charge >= 0.3 is 0 Å². The number of benzene rings is 1. The number of hydrazone groups is 1. The Labute approximate surface area is 146 Å². The summed E-state index contributed by atoms with van der Waals surface area (Å²) in [6.45, 7) is 5.94. The maximum absolute atomic E-state index is 12.6. The second kappa shape index (κ2) is 6.93. The van der Waals surface area contributed by atoms with Crippen LogP contribution >= 0.6 is 0 Å². The molecule has 0 spiro atoms. The molecule has 2 N–H and O–H groups in total. The van der Waals surface area contributed by atoms with Gasteiger partial charge < -0.3 is 9.73 Å². The molecule has 130 valence electrons. The van der Waals surface area contributed by atoms with E-state index in [1.165, 1.54) is 0 Å². The van der Waals surface area contributed by atoms with E-state index in [1.807, 2.05) is 50.2 Å². The number of hydrogen-bond donors (Lipinski definition) is 2. The van der Waals surface area contributed by atoms with Crippen molar-refractivity contribution in [3.63, 3.8) is 0 Å². The van der Waals surface area contributed by atoms with Crippen LogP contribution in [0.3, 0.4) is 0 Å². The molecule has 1 aromatic heterocycles. The molecular weight excluding hydrogens is 318 g/mol. The highest BCUT2D eigenvalue weighted by atomic mass is 16.3. The number of furan rings is 1. The summed E-state index contributed by atoms with van der Waals surface area (Å²) in [7, 11) is 0. The molecule has 1 aromatic carbocycles. The molecule has 2 unspecified atom stereocenters. The van der Waals surface area contributed by atoms with E-state index in [1.54, 1.807) is 6.92 Å². The van der Waals surface area contributed by atoms with Gasteiger partial charge in [0.15, 0.2) is 0 Å². The number of rotatable bonds is 4. The fraction of sp³-hybridized carbons (Fsp3) is 0.316. The second-order valence-electron chi connectivity index (χ2n) is 6.24. The Morgan fingerprint density at radius 1 is 1.28 bits per heavy atom. The van der Waals surface area contributed by atoms with Crippen LogP contribution in [0, 0.1) is 19.8 Å². The highest BCUT2D eigenvalue weighted by molar-refractivity contribution is 6.04. The number of carbonyl (C=O) groups is 2. The smallest absolute Gasteiger partial charge is 0.253 e. The van der Waals surface area contributed by atoms with Crippen LogP contribution in [-0.2, 0) is 9.59 Å². The first kappa shape index (κ1) is 17.0. The van der Waals surface area contributed by atoms with Crippen molar-refractivity contribution in [1.29, 1.82) is 0 Å². The van der Waals surface area contributed by atoms with Crippen molar-refractivity contribution in [2.75, 3.05) is 6.54 Å². The number of nitrogens with zero attached hydrogens (tertiary/aromatic N) is 1. The summed E-state index contributed by atoms with van der Waals surface area (Å²) < 4.78 is 5.48. The quantitative estimate of drug-likeness (QED) is 0.509. The van der Waals surface area contributed by atoms with Crippen LogP contribution in [0.15, 0.2) is 45.9 Å². The normalized spacial score (nSPS) is 20.4. The highest BCUT2D eigenvalue weighted by Crippen LogP contribution is 2.29. The van der Waals surface area contributed by atoms with Crippen molar-refractivity contribution in [2.24, 2.45) is 11.0 Å². The third kappa shape index (κ3) is 3.47. The number of hydrogen-bond acceptors (Lipinski definition) is 4. The maximum Gasteiger partial charge on any atom is 0.253 e. The molecule has 2 amide bonds. The summed E-state index contributed by atoms with van der Waals surface area (Å²) in [6.07, 6.45) is 0. The molecule has 2 aromatic rings. The molecule has 0 radical (unpaired) electrons. The van der Waals surface area contributed by atoms with E-state index in [9.17, 15) is 9.59 Å². The zero-order valence-corrected chi connectivity index (χ0v) is 14.5. The summed E-state index contributed by atoms with van der Waals surface area (Å²) in [6, 6.07) is 11.4. The lowest BCUT2D eigenvalue weighted by Crippen LogP contribution is -2.35. The summed E-state index contributed by atoms with van der Waals surface area (Å²) in [5.74, 6) is -0.120. The number of nitrogens with one attached hydrogen (secondary N) is 2. The predicted octanol–water partition coefficient (Wildman–Crippen LogP) is 2.27. The third-order valence-electron chi connectivity index (χ3n) is 4.46. The minimum absolute atomic E-state index is 0.192. The van der Waals surface area contributed by atoms with Crippen molar-refractivity contribution in [3.8, 4) is 0 Å². The molecule has 0 bridgehead atoms. The van der Waals surface area contributed by atoms with Crippen LogP contribution in [0.4, 0.5) is 0 Å². The van der Waals surface area contributed by atoms with Gasteiger partial charge in [-0.05, 0) is 32.4 Å². The Morgan fingerprint density at radius 2 is 2.00 bits per heavy atom. The predicted molar refractivity (Wildman–Crippen MR) is 94.2 cm³/mol. The van der Waals surface area contributed by atoms with Crippen LogP contribution in [0.5, 0.6) is 0 Å². The van der Waals surface area contributed by atoms with Gasteiger partial charge in [0.05, 0.1) is 5.71 Å². The average molecular weight is 339 g/mol. The Bertz CT molecular complexity index is 824. The highest BCUT2D eigenvalue weighted by Gasteiger charge is 2.41. The van der Waals surface area contributed by atoms with Gasteiger partial charge in [-0.15, -0.1) is 0 Å².